The molecular formula is C22H16BrNO5. The SMILES string of the molecule is O=C(O)/C(=C/c1ccc(Oc2ccccc2Br)cc1)NC(=O)c1ccccc1O. The maximum atomic E-state index is 12.3. The van der Waals surface area contributed by atoms with Crippen LogP contribution in [0.25, 0.3) is 6.08 Å². The molecule has 3 rings (SSSR count). The Morgan fingerprint density at radius 3 is 2.24 bits per heavy atom. The minimum atomic E-state index is -1.30. The first-order chi connectivity index (χ1) is 13.9. The predicted molar refractivity (Wildman–Crippen MR) is 112 cm³/mol. The molecule has 29 heavy (non-hydrogen) atoms. The van der Waals surface area contributed by atoms with E-state index in [9.17, 15) is 19.8 Å². The van der Waals surface area contributed by atoms with E-state index in [-0.39, 0.29) is 17.0 Å². The normalized spacial score (nSPS) is 11.0. The van der Waals surface area contributed by atoms with Gasteiger partial charge in [0.1, 0.15) is 22.9 Å². The van der Waals surface area contributed by atoms with Crippen molar-refractivity contribution in [3.05, 3.63) is 94.1 Å². The van der Waals surface area contributed by atoms with E-state index < -0.39 is 11.9 Å². The number of aliphatic carboxylic acids is 1. The molecule has 0 fully saturated rings. The second-order valence-corrected chi connectivity index (χ2v) is 6.79. The van der Waals surface area contributed by atoms with Crippen LogP contribution in [-0.2, 0) is 4.79 Å². The van der Waals surface area contributed by atoms with Gasteiger partial charge in [0.2, 0.25) is 0 Å². The van der Waals surface area contributed by atoms with Gasteiger partial charge in [-0.05, 0) is 64.0 Å². The van der Waals surface area contributed by atoms with E-state index >= 15 is 0 Å². The Hall–Kier alpha value is -3.58. The molecule has 0 unspecified atom stereocenters. The summed E-state index contributed by atoms with van der Waals surface area (Å²) in [5.74, 6) is -1.03. The van der Waals surface area contributed by atoms with E-state index in [4.69, 9.17) is 4.74 Å². The molecule has 3 N–H and O–H groups in total. The third kappa shape index (κ3) is 5.24. The Kier molecular flexibility index (Phi) is 6.31. The molecule has 0 saturated carbocycles. The maximum absolute atomic E-state index is 12.3. The maximum Gasteiger partial charge on any atom is 0.352 e. The molecule has 0 aliphatic rings. The lowest BCUT2D eigenvalue weighted by molar-refractivity contribution is -0.132. The van der Waals surface area contributed by atoms with Gasteiger partial charge < -0.3 is 20.3 Å². The summed E-state index contributed by atoms with van der Waals surface area (Å²) >= 11 is 3.41. The number of halogens is 1. The second-order valence-electron chi connectivity index (χ2n) is 5.94. The first-order valence-corrected chi connectivity index (χ1v) is 9.30. The highest BCUT2D eigenvalue weighted by Gasteiger charge is 2.16. The molecule has 7 heteroatoms. The van der Waals surface area contributed by atoms with Crippen LogP contribution in [0, 0.1) is 0 Å². The number of amides is 1. The average molecular weight is 454 g/mol. The quantitative estimate of drug-likeness (QED) is 0.465. The molecule has 0 bridgehead atoms. The molecule has 0 aromatic heterocycles. The lowest BCUT2D eigenvalue weighted by atomic mass is 10.1. The third-order valence-corrected chi connectivity index (χ3v) is 4.54. The Balaban J connectivity index is 1.77. The van der Waals surface area contributed by atoms with Gasteiger partial charge in [0.05, 0.1) is 10.0 Å². The minimum Gasteiger partial charge on any atom is -0.507 e. The van der Waals surface area contributed by atoms with Crippen LogP contribution in [0.3, 0.4) is 0 Å². The summed E-state index contributed by atoms with van der Waals surface area (Å²) in [5.41, 5.74) is 0.217. The highest BCUT2D eigenvalue weighted by Crippen LogP contribution is 2.29. The van der Waals surface area contributed by atoms with Crippen molar-refractivity contribution in [1.82, 2.24) is 5.32 Å². The highest BCUT2D eigenvalue weighted by molar-refractivity contribution is 9.10. The molecule has 146 valence electrons. The van der Waals surface area contributed by atoms with Crippen LogP contribution in [0.2, 0.25) is 0 Å². The standard InChI is InChI=1S/C22H16BrNO5/c23-17-6-2-4-8-20(17)29-15-11-9-14(10-12-15)13-18(22(27)28)24-21(26)16-5-1-3-7-19(16)25/h1-13,25H,(H,24,26)(H,27,28)/b18-13-. The molecule has 0 aliphatic carbocycles. The second kappa shape index (κ2) is 9.07. The fourth-order valence-electron chi connectivity index (χ4n) is 2.46. The summed E-state index contributed by atoms with van der Waals surface area (Å²) in [7, 11) is 0. The lowest BCUT2D eigenvalue weighted by Gasteiger charge is -2.09. The number of ether oxygens (including phenoxy) is 1. The molecule has 0 atom stereocenters. The van der Waals surface area contributed by atoms with Crippen LogP contribution >= 0.6 is 15.9 Å². The molecule has 0 saturated heterocycles. The third-order valence-electron chi connectivity index (χ3n) is 3.88. The molecule has 3 aromatic rings. The van der Waals surface area contributed by atoms with E-state index in [0.717, 1.165) is 4.47 Å². The predicted octanol–water partition coefficient (Wildman–Crippen LogP) is 4.80. The van der Waals surface area contributed by atoms with Crippen LogP contribution in [0.1, 0.15) is 15.9 Å². The first kappa shape index (κ1) is 20.2. The number of benzene rings is 3. The van der Waals surface area contributed by atoms with Gasteiger partial charge in [0.25, 0.3) is 5.91 Å². The van der Waals surface area contributed by atoms with Crippen LogP contribution < -0.4 is 10.1 Å². The Labute approximate surface area is 175 Å². The van der Waals surface area contributed by atoms with E-state index in [1.54, 1.807) is 36.4 Å². The summed E-state index contributed by atoms with van der Waals surface area (Å²) in [5, 5.41) is 21.5. The summed E-state index contributed by atoms with van der Waals surface area (Å²) in [4.78, 5) is 23.8. The van der Waals surface area contributed by atoms with Gasteiger partial charge in [0.15, 0.2) is 0 Å². The largest absolute Gasteiger partial charge is 0.507 e. The topological polar surface area (TPSA) is 95.9 Å². The number of hydrogen-bond donors (Lipinski definition) is 3. The molecule has 6 nitrogen and oxygen atoms in total. The molecule has 0 heterocycles. The van der Waals surface area contributed by atoms with E-state index in [0.29, 0.717) is 17.1 Å². The number of nitrogens with one attached hydrogen (secondary N) is 1. The number of phenols is 1. The summed E-state index contributed by atoms with van der Waals surface area (Å²) in [6, 6.07) is 20.0. The van der Waals surface area contributed by atoms with Gasteiger partial charge in [-0.3, -0.25) is 4.79 Å². The van der Waals surface area contributed by atoms with Gasteiger partial charge in [0, 0.05) is 0 Å². The van der Waals surface area contributed by atoms with Crippen molar-refractivity contribution in [1.29, 1.82) is 0 Å². The van der Waals surface area contributed by atoms with Crippen molar-refractivity contribution in [2.24, 2.45) is 0 Å². The molecule has 3 aromatic carbocycles. The summed E-state index contributed by atoms with van der Waals surface area (Å²) in [6.07, 6.45) is 1.32. The lowest BCUT2D eigenvalue weighted by Crippen LogP contribution is -2.27. The number of carbonyl (C=O) groups is 2. The fraction of sp³-hybridized carbons (Fsp3) is 0. The number of hydrogen-bond acceptors (Lipinski definition) is 4. The van der Waals surface area contributed by atoms with Gasteiger partial charge in [-0.1, -0.05) is 36.4 Å². The van der Waals surface area contributed by atoms with Crippen molar-refractivity contribution in [3.8, 4) is 17.2 Å². The van der Waals surface area contributed by atoms with E-state index in [2.05, 4.69) is 21.2 Å². The van der Waals surface area contributed by atoms with Crippen molar-refractivity contribution in [2.45, 2.75) is 0 Å². The van der Waals surface area contributed by atoms with Crippen molar-refractivity contribution in [2.75, 3.05) is 0 Å². The number of aromatic hydroxyl groups is 1. The Bertz CT molecular complexity index is 1080. The minimum absolute atomic E-state index is 0.0168. The number of phenolic OH excluding ortho intramolecular Hbond substituents is 1. The smallest absolute Gasteiger partial charge is 0.352 e. The zero-order valence-corrected chi connectivity index (χ0v) is 16.6. The number of carboxylic acid groups (broad SMARTS) is 1. The zero-order valence-electron chi connectivity index (χ0n) is 15.0. The van der Waals surface area contributed by atoms with Crippen molar-refractivity contribution in [3.63, 3.8) is 0 Å². The summed E-state index contributed by atoms with van der Waals surface area (Å²) < 4.78 is 6.58. The van der Waals surface area contributed by atoms with Crippen LogP contribution in [0.4, 0.5) is 0 Å². The fourth-order valence-corrected chi connectivity index (χ4v) is 2.83. The van der Waals surface area contributed by atoms with Gasteiger partial charge >= 0.3 is 5.97 Å². The van der Waals surface area contributed by atoms with Crippen LogP contribution in [-0.4, -0.2) is 22.1 Å². The zero-order chi connectivity index (χ0) is 20.8. The number of carbonyl (C=O) groups excluding carboxylic acids is 1. The average Bonchev–Trinajstić information content (AvgIpc) is 2.70. The molecule has 0 radical (unpaired) electrons. The van der Waals surface area contributed by atoms with E-state index in [1.165, 1.54) is 18.2 Å². The Morgan fingerprint density at radius 2 is 1.59 bits per heavy atom. The molecule has 1 amide bonds. The molecule has 0 spiro atoms. The van der Waals surface area contributed by atoms with E-state index in [1.807, 2.05) is 24.3 Å². The Morgan fingerprint density at radius 1 is 0.931 bits per heavy atom. The van der Waals surface area contributed by atoms with Gasteiger partial charge in [-0.15, -0.1) is 0 Å². The summed E-state index contributed by atoms with van der Waals surface area (Å²) in [6.45, 7) is 0. The first-order valence-electron chi connectivity index (χ1n) is 8.51. The number of rotatable bonds is 6. The number of para-hydroxylation sites is 2. The van der Waals surface area contributed by atoms with Crippen LogP contribution in [0.15, 0.2) is 83.0 Å². The number of carboxylic acids is 1. The monoisotopic (exact) mass is 453 g/mol. The van der Waals surface area contributed by atoms with Gasteiger partial charge in [-0.2, -0.15) is 0 Å². The highest BCUT2D eigenvalue weighted by atomic mass is 79.9. The van der Waals surface area contributed by atoms with Crippen LogP contribution in [0.5, 0.6) is 17.2 Å². The molecular weight excluding hydrogens is 438 g/mol. The van der Waals surface area contributed by atoms with Crippen molar-refractivity contribution < 1.29 is 24.5 Å². The molecule has 0 aliphatic heterocycles. The van der Waals surface area contributed by atoms with Gasteiger partial charge in [-0.25, -0.2) is 4.79 Å². The van der Waals surface area contributed by atoms with Crippen molar-refractivity contribution >= 4 is 33.9 Å².